The average Bonchev–Trinajstić information content (AvgIpc) is 2.11. The molecule has 88 valence electrons. The van der Waals surface area contributed by atoms with E-state index in [0.29, 0.717) is 6.04 Å². The first kappa shape index (κ1) is 11.2. The molecule has 1 fully saturated rings. The van der Waals surface area contributed by atoms with E-state index in [1.807, 2.05) is 12.3 Å². The Morgan fingerprint density at radius 3 is 2.69 bits per heavy atom. The van der Waals surface area contributed by atoms with Crippen molar-refractivity contribution >= 4 is 5.69 Å². The van der Waals surface area contributed by atoms with E-state index in [2.05, 4.69) is 31.1 Å². The lowest BCUT2D eigenvalue weighted by atomic mass is 9.93. The Kier molecular flexibility index (Phi) is 3.03. The van der Waals surface area contributed by atoms with Crippen molar-refractivity contribution in [3.8, 4) is 5.75 Å². The van der Waals surface area contributed by atoms with Crippen LogP contribution in [0.4, 0.5) is 5.69 Å². The molecule has 0 unspecified atom stereocenters. The van der Waals surface area contributed by atoms with E-state index in [1.165, 1.54) is 19.3 Å². The number of nitrogens with one attached hydrogen (secondary N) is 1. The van der Waals surface area contributed by atoms with Crippen LogP contribution in [0.2, 0.25) is 0 Å². The predicted molar refractivity (Wildman–Crippen MR) is 65.9 cm³/mol. The summed E-state index contributed by atoms with van der Waals surface area (Å²) in [5.41, 5.74) is 0.847. The molecular weight excluding hydrogens is 200 g/mol. The van der Waals surface area contributed by atoms with Gasteiger partial charge in [-0.15, -0.1) is 0 Å². The molecular formula is C13H20N2O. The summed E-state index contributed by atoms with van der Waals surface area (Å²) in [6, 6.07) is 2.53. The van der Waals surface area contributed by atoms with Crippen LogP contribution in [-0.2, 0) is 0 Å². The van der Waals surface area contributed by atoms with Crippen LogP contribution in [-0.4, -0.2) is 16.6 Å². The van der Waals surface area contributed by atoms with E-state index in [1.54, 1.807) is 6.20 Å². The molecule has 3 nitrogen and oxygen atoms in total. The van der Waals surface area contributed by atoms with Crippen LogP contribution in [0.15, 0.2) is 18.5 Å². The minimum atomic E-state index is -0.169. The Balaban J connectivity index is 2.09. The number of ether oxygens (including phenoxy) is 1. The lowest BCUT2D eigenvalue weighted by Crippen LogP contribution is -2.28. The molecule has 0 saturated heterocycles. The smallest absolute Gasteiger partial charge is 0.146 e. The second-order valence-corrected chi connectivity index (χ2v) is 5.36. The SMILES string of the molecule is CC(C)(C)Oc1ccncc1NC1CCC1. The molecule has 16 heavy (non-hydrogen) atoms. The van der Waals surface area contributed by atoms with Crippen LogP contribution < -0.4 is 10.1 Å². The molecule has 0 aliphatic heterocycles. The summed E-state index contributed by atoms with van der Waals surface area (Å²) >= 11 is 0. The molecule has 0 aromatic carbocycles. The molecule has 0 bridgehead atoms. The van der Waals surface area contributed by atoms with Gasteiger partial charge in [0.25, 0.3) is 0 Å². The van der Waals surface area contributed by atoms with Gasteiger partial charge in [0, 0.05) is 18.3 Å². The number of nitrogens with zero attached hydrogens (tertiary/aromatic N) is 1. The Hall–Kier alpha value is -1.25. The number of rotatable bonds is 3. The Morgan fingerprint density at radius 1 is 1.38 bits per heavy atom. The van der Waals surface area contributed by atoms with E-state index >= 15 is 0 Å². The predicted octanol–water partition coefficient (Wildman–Crippen LogP) is 3.22. The van der Waals surface area contributed by atoms with Crippen molar-refractivity contribution < 1.29 is 4.74 Å². The molecule has 1 aliphatic rings. The van der Waals surface area contributed by atoms with Gasteiger partial charge >= 0.3 is 0 Å². The van der Waals surface area contributed by atoms with E-state index in [0.717, 1.165) is 11.4 Å². The van der Waals surface area contributed by atoms with E-state index in [9.17, 15) is 0 Å². The van der Waals surface area contributed by atoms with Crippen LogP contribution in [0.5, 0.6) is 5.75 Å². The topological polar surface area (TPSA) is 34.1 Å². The van der Waals surface area contributed by atoms with Crippen molar-refractivity contribution in [3.63, 3.8) is 0 Å². The van der Waals surface area contributed by atoms with Gasteiger partial charge in [-0.3, -0.25) is 4.98 Å². The highest BCUT2D eigenvalue weighted by molar-refractivity contribution is 5.55. The van der Waals surface area contributed by atoms with Gasteiger partial charge in [0.1, 0.15) is 11.4 Å². The fourth-order valence-corrected chi connectivity index (χ4v) is 1.68. The van der Waals surface area contributed by atoms with Crippen LogP contribution >= 0.6 is 0 Å². The Labute approximate surface area is 97.2 Å². The van der Waals surface area contributed by atoms with Crippen molar-refractivity contribution in [2.75, 3.05) is 5.32 Å². The van der Waals surface area contributed by atoms with Gasteiger partial charge in [-0.25, -0.2) is 0 Å². The molecule has 0 atom stereocenters. The molecule has 3 heteroatoms. The van der Waals surface area contributed by atoms with Crippen molar-refractivity contribution in [1.29, 1.82) is 0 Å². The molecule has 1 aromatic rings. The molecule has 2 rings (SSSR count). The summed E-state index contributed by atoms with van der Waals surface area (Å²) in [6.45, 7) is 6.17. The average molecular weight is 220 g/mol. The molecule has 1 aromatic heterocycles. The molecule has 1 saturated carbocycles. The van der Waals surface area contributed by atoms with Gasteiger partial charge in [0.05, 0.1) is 11.9 Å². The molecule has 1 N–H and O–H groups in total. The molecule has 0 spiro atoms. The quantitative estimate of drug-likeness (QED) is 0.849. The number of hydrogen-bond donors (Lipinski definition) is 1. The number of anilines is 1. The number of hydrogen-bond acceptors (Lipinski definition) is 3. The summed E-state index contributed by atoms with van der Waals surface area (Å²) in [5, 5.41) is 3.48. The van der Waals surface area contributed by atoms with Gasteiger partial charge < -0.3 is 10.1 Å². The van der Waals surface area contributed by atoms with E-state index < -0.39 is 0 Å². The zero-order chi connectivity index (χ0) is 11.6. The van der Waals surface area contributed by atoms with Crippen molar-refractivity contribution in [2.24, 2.45) is 0 Å². The summed E-state index contributed by atoms with van der Waals surface area (Å²) in [6.07, 6.45) is 7.45. The molecule has 1 aliphatic carbocycles. The fourth-order valence-electron chi connectivity index (χ4n) is 1.68. The fraction of sp³-hybridized carbons (Fsp3) is 0.615. The summed E-state index contributed by atoms with van der Waals surface area (Å²) in [5.74, 6) is 0.898. The monoisotopic (exact) mass is 220 g/mol. The summed E-state index contributed by atoms with van der Waals surface area (Å²) in [4.78, 5) is 4.14. The van der Waals surface area contributed by atoms with E-state index in [-0.39, 0.29) is 5.60 Å². The highest BCUT2D eigenvalue weighted by atomic mass is 16.5. The lowest BCUT2D eigenvalue weighted by Gasteiger charge is -2.29. The minimum absolute atomic E-state index is 0.169. The van der Waals surface area contributed by atoms with Crippen LogP contribution in [0.25, 0.3) is 0 Å². The maximum absolute atomic E-state index is 5.90. The van der Waals surface area contributed by atoms with Crippen LogP contribution in [0, 0.1) is 0 Å². The first-order valence-corrected chi connectivity index (χ1v) is 5.94. The van der Waals surface area contributed by atoms with Crippen molar-refractivity contribution in [1.82, 2.24) is 4.98 Å². The van der Waals surface area contributed by atoms with Crippen molar-refractivity contribution in [2.45, 2.75) is 51.7 Å². The Bertz CT molecular complexity index is 353. The standard InChI is InChI=1S/C13H20N2O/c1-13(2,3)16-12-7-8-14-9-11(12)15-10-5-4-6-10/h7-10,15H,4-6H2,1-3H3. The van der Waals surface area contributed by atoms with Gasteiger partial charge in [0.15, 0.2) is 0 Å². The number of pyridine rings is 1. The first-order chi connectivity index (χ1) is 7.54. The van der Waals surface area contributed by atoms with Gasteiger partial charge in [-0.2, -0.15) is 0 Å². The maximum atomic E-state index is 5.90. The molecule has 0 radical (unpaired) electrons. The third kappa shape index (κ3) is 2.87. The highest BCUT2D eigenvalue weighted by Gasteiger charge is 2.20. The van der Waals surface area contributed by atoms with Gasteiger partial charge in [0.2, 0.25) is 0 Å². The zero-order valence-corrected chi connectivity index (χ0v) is 10.3. The van der Waals surface area contributed by atoms with Crippen molar-refractivity contribution in [3.05, 3.63) is 18.5 Å². The maximum Gasteiger partial charge on any atom is 0.146 e. The first-order valence-electron chi connectivity index (χ1n) is 5.94. The third-order valence-corrected chi connectivity index (χ3v) is 2.66. The third-order valence-electron chi connectivity index (χ3n) is 2.66. The lowest BCUT2D eigenvalue weighted by molar-refractivity contribution is 0.131. The largest absolute Gasteiger partial charge is 0.486 e. The second-order valence-electron chi connectivity index (χ2n) is 5.36. The number of aromatic nitrogens is 1. The highest BCUT2D eigenvalue weighted by Crippen LogP contribution is 2.30. The van der Waals surface area contributed by atoms with E-state index in [4.69, 9.17) is 4.74 Å². The molecule has 0 amide bonds. The normalized spacial score (nSPS) is 16.7. The van der Waals surface area contributed by atoms with Crippen LogP contribution in [0.1, 0.15) is 40.0 Å². The Morgan fingerprint density at radius 2 is 2.12 bits per heavy atom. The summed E-state index contributed by atoms with van der Waals surface area (Å²) < 4.78 is 5.90. The van der Waals surface area contributed by atoms with Crippen LogP contribution in [0.3, 0.4) is 0 Å². The minimum Gasteiger partial charge on any atom is -0.486 e. The van der Waals surface area contributed by atoms with Gasteiger partial charge in [-0.05, 0) is 40.0 Å². The zero-order valence-electron chi connectivity index (χ0n) is 10.3. The van der Waals surface area contributed by atoms with Gasteiger partial charge in [-0.1, -0.05) is 0 Å². The molecule has 1 heterocycles. The second kappa shape index (κ2) is 4.32. The summed E-state index contributed by atoms with van der Waals surface area (Å²) in [7, 11) is 0.